The maximum atomic E-state index is 12.7. The van der Waals surface area contributed by atoms with E-state index in [1.54, 1.807) is 10.9 Å². The third kappa shape index (κ3) is 3.67. The molecule has 0 amide bonds. The number of benzene rings is 1. The summed E-state index contributed by atoms with van der Waals surface area (Å²) in [5.74, 6) is 0.668. The Morgan fingerprint density at radius 3 is 2.64 bits per heavy atom. The monoisotopic (exact) mass is 378 g/mol. The van der Waals surface area contributed by atoms with Gasteiger partial charge in [-0.05, 0) is 37.0 Å². The quantitative estimate of drug-likeness (QED) is 0.655. The van der Waals surface area contributed by atoms with E-state index in [-0.39, 0.29) is 5.56 Å². The second-order valence-electron chi connectivity index (χ2n) is 7.98. The van der Waals surface area contributed by atoms with Gasteiger partial charge in [-0.2, -0.15) is 0 Å². The number of hydrogen-bond acceptors (Lipinski definition) is 5. The smallest absolute Gasteiger partial charge is 0.261 e. The first-order chi connectivity index (χ1) is 13.8. The summed E-state index contributed by atoms with van der Waals surface area (Å²) < 4.78 is 3.90. The lowest BCUT2D eigenvalue weighted by atomic mass is 10.2. The Labute approximate surface area is 164 Å². The molecule has 7 heteroatoms. The van der Waals surface area contributed by atoms with Gasteiger partial charge in [0, 0.05) is 63.9 Å². The second kappa shape index (κ2) is 7.39. The van der Waals surface area contributed by atoms with Crippen LogP contribution in [0.2, 0.25) is 0 Å². The third-order valence-electron chi connectivity index (χ3n) is 5.93. The number of piperazine rings is 1. The van der Waals surface area contributed by atoms with E-state index in [1.165, 1.54) is 12.8 Å². The van der Waals surface area contributed by atoms with Crippen LogP contribution in [-0.4, -0.2) is 56.7 Å². The zero-order valence-corrected chi connectivity index (χ0v) is 16.1. The van der Waals surface area contributed by atoms with Gasteiger partial charge in [-0.25, -0.2) is 9.97 Å². The lowest BCUT2D eigenvalue weighted by Gasteiger charge is -2.36. The number of imidazole rings is 1. The molecule has 0 unspecified atom stereocenters. The van der Waals surface area contributed by atoms with Gasteiger partial charge in [0.1, 0.15) is 0 Å². The summed E-state index contributed by atoms with van der Waals surface area (Å²) >= 11 is 0. The van der Waals surface area contributed by atoms with Crippen LogP contribution in [0.25, 0.3) is 10.9 Å². The van der Waals surface area contributed by atoms with E-state index in [0.29, 0.717) is 5.92 Å². The van der Waals surface area contributed by atoms with Crippen molar-refractivity contribution in [2.24, 2.45) is 5.92 Å². The molecule has 5 rings (SSSR count). The summed E-state index contributed by atoms with van der Waals surface area (Å²) in [5.41, 5.74) is 2.05. The number of fused-ring (bicyclic) bond motifs is 1. The van der Waals surface area contributed by atoms with Crippen LogP contribution in [0.3, 0.4) is 0 Å². The number of nitrogens with zero attached hydrogens (tertiary/aromatic N) is 6. The van der Waals surface area contributed by atoms with E-state index in [9.17, 15) is 4.79 Å². The Hall–Kier alpha value is -2.67. The molecule has 2 aliphatic rings. The second-order valence-corrected chi connectivity index (χ2v) is 7.98. The molecule has 3 heterocycles. The molecule has 7 nitrogen and oxygen atoms in total. The standard InChI is InChI=1S/C21H26N6O/c28-21-19-4-3-18(13-20(19)23-16-27(21)14-17-1-2-17)26-11-9-24(10-12-26)7-8-25-6-5-22-15-25/h3-6,13,15-17H,1-2,7-12,14H2. The highest BCUT2D eigenvalue weighted by atomic mass is 16.1. The predicted molar refractivity (Wildman–Crippen MR) is 110 cm³/mol. The van der Waals surface area contributed by atoms with Gasteiger partial charge in [-0.1, -0.05) is 0 Å². The van der Waals surface area contributed by atoms with E-state index < -0.39 is 0 Å². The predicted octanol–water partition coefficient (Wildman–Crippen LogP) is 1.83. The molecule has 1 saturated heterocycles. The van der Waals surface area contributed by atoms with Crippen LogP contribution >= 0.6 is 0 Å². The van der Waals surface area contributed by atoms with Gasteiger partial charge >= 0.3 is 0 Å². The van der Waals surface area contributed by atoms with Crippen molar-refractivity contribution in [3.8, 4) is 0 Å². The topological polar surface area (TPSA) is 59.2 Å². The van der Waals surface area contributed by atoms with Crippen LogP contribution in [0.1, 0.15) is 12.8 Å². The Bertz CT molecular complexity index is 999. The van der Waals surface area contributed by atoms with Gasteiger partial charge in [-0.15, -0.1) is 0 Å². The average molecular weight is 378 g/mol. The maximum Gasteiger partial charge on any atom is 0.261 e. The Morgan fingerprint density at radius 1 is 1.04 bits per heavy atom. The van der Waals surface area contributed by atoms with E-state index >= 15 is 0 Å². The number of anilines is 1. The fourth-order valence-corrected chi connectivity index (χ4v) is 3.96. The molecule has 28 heavy (non-hydrogen) atoms. The molecule has 1 aliphatic heterocycles. The van der Waals surface area contributed by atoms with Crippen molar-refractivity contribution in [1.82, 2.24) is 24.0 Å². The Kier molecular flexibility index (Phi) is 4.60. The molecule has 0 spiro atoms. The first kappa shape index (κ1) is 17.4. The van der Waals surface area contributed by atoms with E-state index in [2.05, 4.69) is 36.5 Å². The lowest BCUT2D eigenvalue weighted by Crippen LogP contribution is -2.47. The minimum absolute atomic E-state index is 0.0905. The van der Waals surface area contributed by atoms with Crippen LogP contribution in [0.15, 0.2) is 48.0 Å². The van der Waals surface area contributed by atoms with Crippen molar-refractivity contribution >= 4 is 16.6 Å². The van der Waals surface area contributed by atoms with E-state index in [1.807, 2.05) is 24.8 Å². The van der Waals surface area contributed by atoms with Crippen molar-refractivity contribution in [3.05, 3.63) is 53.6 Å². The number of aromatic nitrogens is 4. The summed E-state index contributed by atoms with van der Waals surface area (Å²) in [7, 11) is 0. The zero-order valence-electron chi connectivity index (χ0n) is 16.1. The highest BCUT2D eigenvalue weighted by molar-refractivity contribution is 5.81. The molecule has 2 fully saturated rings. The first-order valence-electron chi connectivity index (χ1n) is 10.2. The Morgan fingerprint density at radius 2 is 1.89 bits per heavy atom. The van der Waals surface area contributed by atoms with E-state index in [4.69, 9.17) is 0 Å². The fraction of sp³-hybridized carbons (Fsp3) is 0.476. The third-order valence-corrected chi connectivity index (χ3v) is 5.93. The molecule has 0 atom stereocenters. The van der Waals surface area contributed by atoms with Crippen LogP contribution in [-0.2, 0) is 13.1 Å². The van der Waals surface area contributed by atoms with Crippen molar-refractivity contribution in [1.29, 1.82) is 0 Å². The number of rotatable bonds is 6. The summed E-state index contributed by atoms with van der Waals surface area (Å²) in [6.45, 7) is 6.91. The molecular formula is C21H26N6O. The molecule has 2 aromatic heterocycles. The van der Waals surface area contributed by atoms with Crippen LogP contribution < -0.4 is 10.5 Å². The van der Waals surface area contributed by atoms with Gasteiger partial charge in [0.05, 0.1) is 23.6 Å². The molecule has 146 valence electrons. The lowest BCUT2D eigenvalue weighted by molar-refractivity contribution is 0.248. The first-order valence-corrected chi connectivity index (χ1v) is 10.2. The normalized spacial score (nSPS) is 18.1. The largest absolute Gasteiger partial charge is 0.369 e. The molecule has 0 radical (unpaired) electrons. The van der Waals surface area contributed by atoms with Crippen molar-refractivity contribution in [2.75, 3.05) is 37.6 Å². The molecule has 1 aliphatic carbocycles. The highest BCUT2D eigenvalue weighted by Crippen LogP contribution is 2.30. The highest BCUT2D eigenvalue weighted by Gasteiger charge is 2.23. The van der Waals surface area contributed by atoms with Crippen molar-refractivity contribution < 1.29 is 0 Å². The van der Waals surface area contributed by atoms with E-state index in [0.717, 1.165) is 62.4 Å². The zero-order chi connectivity index (χ0) is 18.9. The van der Waals surface area contributed by atoms with Crippen molar-refractivity contribution in [2.45, 2.75) is 25.9 Å². The van der Waals surface area contributed by atoms with Crippen LogP contribution in [0, 0.1) is 5.92 Å². The van der Waals surface area contributed by atoms with Crippen LogP contribution in [0.4, 0.5) is 5.69 Å². The molecule has 1 aromatic carbocycles. The molecule has 3 aromatic rings. The van der Waals surface area contributed by atoms with Gasteiger partial charge in [-0.3, -0.25) is 14.3 Å². The van der Waals surface area contributed by atoms with Gasteiger partial charge in [0.2, 0.25) is 0 Å². The maximum absolute atomic E-state index is 12.7. The van der Waals surface area contributed by atoms with Crippen LogP contribution in [0.5, 0.6) is 0 Å². The molecule has 1 saturated carbocycles. The minimum atomic E-state index is 0.0905. The summed E-state index contributed by atoms with van der Waals surface area (Å²) in [6.07, 6.45) is 9.90. The molecular weight excluding hydrogens is 352 g/mol. The fourth-order valence-electron chi connectivity index (χ4n) is 3.96. The van der Waals surface area contributed by atoms with Gasteiger partial charge in [0.25, 0.3) is 5.56 Å². The van der Waals surface area contributed by atoms with Gasteiger partial charge < -0.3 is 9.47 Å². The Balaban J connectivity index is 1.24. The summed E-state index contributed by atoms with van der Waals surface area (Å²) in [5, 5.41) is 0.728. The molecule has 0 bridgehead atoms. The summed E-state index contributed by atoms with van der Waals surface area (Å²) in [4.78, 5) is 26.2. The molecule has 0 N–H and O–H groups in total. The SMILES string of the molecule is O=c1c2ccc(N3CCN(CCn4ccnc4)CC3)cc2ncn1CC1CC1. The average Bonchev–Trinajstić information content (AvgIpc) is 3.39. The summed E-state index contributed by atoms with van der Waals surface area (Å²) in [6, 6.07) is 6.10. The van der Waals surface area contributed by atoms with Gasteiger partial charge in [0.15, 0.2) is 0 Å². The number of hydrogen-bond donors (Lipinski definition) is 0. The van der Waals surface area contributed by atoms with Crippen molar-refractivity contribution in [3.63, 3.8) is 0 Å². The minimum Gasteiger partial charge on any atom is -0.369 e.